The highest BCUT2D eigenvalue weighted by Gasteiger charge is 2.25. The Morgan fingerprint density at radius 3 is 2.38 bits per heavy atom. The Morgan fingerprint density at radius 1 is 0.958 bits per heavy atom. The van der Waals surface area contributed by atoms with E-state index in [9.17, 15) is 9.59 Å². The van der Waals surface area contributed by atoms with Crippen LogP contribution in [0.25, 0.3) is 5.70 Å². The summed E-state index contributed by atoms with van der Waals surface area (Å²) in [4.78, 5) is 25.1. The number of fused-ring (bicyclic) bond motifs is 1. The molecule has 0 saturated carbocycles. The molecule has 0 saturated heterocycles. The number of carbonyl (C=O) groups is 2. The molecule has 0 unspecified atom stereocenters. The Bertz CT molecular complexity index is 794. The third kappa shape index (κ3) is 3.60. The van der Waals surface area contributed by atoms with E-state index in [-0.39, 0.29) is 0 Å². The molecular weight excluding hydrogens is 318 g/mol. The highest BCUT2D eigenvalue weighted by molar-refractivity contribution is 7.99. The fourth-order valence-corrected chi connectivity index (χ4v) is 3.55. The van der Waals surface area contributed by atoms with E-state index in [2.05, 4.69) is 24.4 Å². The largest absolute Gasteiger partial charge is 0.355 e. The SMILES string of the molecule is CCCCSc1ccc(NC2=CC(=O)C(=O)c3ccccc32)cc1. The van der Waals surface area contributed by atoms with Gasteiger partial charge in [0.1, 0.15) is 0 Å². The van der Waals surface area contributed by atoms with Crippen molar-refractivity contribution in [1.29, 1.82) is 0 Å². The molecule has 3 rings (SSSR count). The normalized spacial score (nSPS) is 13.5. The van der Waals surface area contributed by atoms with E-state index in [1.807, 2.05) is 36.0 Å². The summed E-state index contributed by atoms with van der Waals surface area (Å²) in [6.07, 6.45) is 3.80. The number of allylic oxidation sites excluding steroid dienone is 1. The standard InChI is InChI=1S/C20H19NO2S/c1-2-3-12-24-15-10-8-14(9-11-15)21-18-13-19(22)20(23)17-7-5-4-6-16(17)18/h4-11,13,21H,2-3,12H2,1H3. The first kappa shape index (κ1) is 16.5. The number of rotatable bonds is 6. The van der Waals surface area contributed by atoms with E-state index in [1.165, 1.54) is 23.8 Å². The van der Waals surface area contributed by atoms with Gasteiger partial charge in [0.05, 0.1) is 5.70 Å². The Hall–Kier alpha value is -2.33. The van der Waals surface area contributed by atoms with Gasteiger partial charge in [0, 0.05) is 27.8 Å². The maximum Gasteiger partial charge on any atom is 0.233 e. The summed E-state index contributed by atoms with van der Waals surface area (Å²) >= 11 is 1.85. The van der Waals surface area contributed by atoms with Crippen molar-refractivity contribution in [2.75, 3.05) is 11.1 Å². The molecule has 122 valence electrons. The average molecular weight is 337 g/mol. The molecule has 0 amide bonds. The van der Waals surface area contributed by atoms with E-state index in [0.717, 1.165) is 17.0 Å². The van der Waals surface area contributed by atoms with Crippen LogP contribution in [0.2, 0.25) is 0 Å². The lowest BCUT2D eigenvalue weighted by molar-refractivity contribution is -0.111. The van der Waals surface area contributed by atoms with Crippen molar-refractivity contribution in [1.82, 2.24) is 0 Å². The van der Waals surface area contributed by atoms with Crippen molar-refractivity contribution >= 4 is 34.7 Å². The number of nitrogens with one attached hydrogen (secondary N) is 1. The van der Waals surface area contributed by atoms with Crippen LogP contribution in [0.5, 0.6) is 0 Å². The first-order chi connectivity index (χ1) is 11.7. The zero-order chi connectivity index (χ0) is 16.9. The molecule has 0 heterocycles. The third-order valence-corrected chi connectivity index (χ3v) is 4.96. The Kier molecular flexibility index (Phi) is 5.16. The van der Waals surface area contributed by atoms with Crippen LogP contribution in [-0.2, 0) is 4.79 Å². The number of thioether (sulfide) groups is 1. The number of carbonyl (C=O) groups excluding carboxylic acids is 2. The van der Waals surface area contributed by atoms with E-state index in [4.69, 9.17) is 0 Å². The first-order valence-electron chi connectivity index (χ1n) is 8.08. The Balaban J connectivity index is 1.77. The number of benzene rings is 2. The van der Waals surface area contributed by atoms with E-state index < -0.39 is 11.6 Å². The number of ketones is 2. The van der Waals surface area contributed by atoms with Crippen LogP contribution in [0.15, 0.2) is 59.5 Å². The van der Waals surface area contributed by atoms with Crippen LogP contribution in [0, 0.1) is 0 Å². The van der Waals surface area contributed by atoms with Crippen molar-refractivity contribution in [3.63, 3.8) is 0 Å². The summed E-state index contributed by atoms with van der Waals surface area (Å²) in [7, 11) is 0. The molecule has 0 fully saturated rings. The molecule has 24 heavy (non-hydrogen) atoms. The van der Waals surface area contributed by atoms with Gasteiger partial charge in [0.25, 0.3) is 0 Å². The molecule has 0 spiro atoms. The quantitative estimate of drug-likeness (QED) is 0.467. The zero-order valence-corrected chi connectivity index (χ0v) is 14.4. The summed E-state index contributed by atoms with van der Waals surface area (Å²) in [5, 5.41) is 3.26. The van der Waals surface area contributed by atoms with Crippen LogP contribution in [-0.4, -0.2) is 17.3 Å². The summed E-state index contributed by atoms with van der Waals surface area (Å²) < 4.78 is 0. The Labute approximate surface area is 146 Å². The zero-order valence-electron chi connectivity index (χ0n) is 13.5. The van der Waals surface area contributed by atoms with Gasteiger partial charge in [-0.25, -0.2) is 0 Å². The van der Waals surface area contributed by atoms with Crippen molar-refractivity contribution in [2.45, 2.75) is 24.7 Å². The van der Waals surface area contributed by atoms with Crippen LogP contribution < -0.4 is 5.32 Å². The fourth-order valence-electron chi connectivity index (χ4n) is 2.55. The summed E-state index contributed by atoms with van der Waals surface area (Å²) in [5.41, 5.74) is 2.79. The smallest absolute Gasteiger partial charge is 0.233 e. The van der Waals surface area contributed by atoms with Crippen molar-refractivity contribution in [2.24, 2.45) is 0 Å². The number of unbranched alkanes of at least 4 members (excludes halogenated alkanes) is 1. The van der Waals surface area contributed by atoms with E-state index in [0.29, 0.717) is 11.3 Å². The van der Waals surface area contributed by atoms with Gasteiger partial charge in [-0.3, -0.25) is 9.59 Å². The highest BCUT2D eigenvalue weighted by atomic mass is 32.2. The van der Waals surface area contributed by atoms with Gasteiger partial charge in [0.15, 0.2) is 0 Å². The van der Waals surface area contributed by atoms with E-state index >= 15 is 0 Å². The summed E-state index contributed by atoms with van der Waals surface area (Å²) in [6, 6.07) is 15.3. The fraction of sp³-hybridized carbons (Fsp3) is 0.200. The van der Waals surface area contributed by atoms with Gasteiger partial charge in [-0.15, -0.1) is 11.8 Å². The second-order valence-corrected chi connectivity index (χ2v) is 6.82. The van der Waals surface area contributed by atoms with Gasteiger partial charge >= 0.3 is 0 Å². The van der Waals surface area contributed by atoms with Crippen LogP contribution in [0.4, 0.5) is 5.69 Å². The molecule has 0 bridgehead atoms. The van der Waals surface area contributed by atoms with Gasteiger partial charge < -0.3 is 5.32 Å². The number of hydrogen-bond acceptors (Lipinski definition) is 4. The lowest BCUT2D eigenvalue weighted by Crippen LogP contribution is -2.20. The van der Waals surface area contributed by atoms with Crippen molar-refractivity contribution < 1.29 is 9.59 Å². The molecular formula is C20H19NO2S. The van der Waals surface area contributed by atoms with Crippen LogP contribution >= 0.6 is 11.8 Å². The molecule has 3 nitrogen and oxygen atoms in total. The number of Topliss-reactive ketones (excluding diaryl/α,β-unsaturated/α-hetero) is 1. The lowest BCUT2D eigenvalue weighted by atomic mass is 9.93. The lowest BCUT2D eigenvalue weighted by Gasteiger charge is -2.18. The maximum absolute atomic E-state index is 12.0. The second kappa shape index (κ2) is 7.49. The first-order valence-corrected chi connectivity index (χ1v) is 9.07. The van der Waals surface area contributed by atoms with Crippen molar-refractivity contribution in [3.8, 4) is 0 Å². The van der Waals surface area contributed by atoms with Crippen LogP contribution in [0.1, 0.15) is 35.7 Å². The minimum absolute atomic E-state index is 0.446. The highest BCUT2D eigenvalue weighted by Crippen LogP contribution is 2.28. The summed E-state index contributed by atoms with van der Waals surface area (Å²) in [5.74, 6) is 0.195. The van der Waals surface area contributed by atoms with Gasteiger partial charge in [-0.2, -0.15) is 0 Å². The average Bonchev–Trinajstić information content (AvgIpc) is 2.61. The van der Waals surface area contributed by atoms with Gasteiger partial charge in [-0.05, 0) is 36.4 Å². The molecule has 1 aliphatic carbocycles. The van der Waals surface area contributed by atoms with Gasteiger partial charge in [-0.1, -0.05) is 37.6 Å². The predicted molar refractivity (Wildman–Crippen MR) is 99.5 cm³/mol. The third-order valence-electron chi connectivity index (χ3n) is 3.86. The molecule has 4 heteroatoms. The molecule has 0 aromatic heterocycles. The van der Waals surface area contributed by atoms with E-state index in [1.54, 1.807) is 12.1 Å². The van der Waals surface area contributed by atoms with Crippen molar-refractivity contribution in [3.05, 3.63) is 65.7 Å². The molecule has 2 aromatic rings. The topological polar surface area (TPSA) is 46.2 Å². The Morgan fingerprint density at radius 2 is 1.67 bits per heavy atom. The molecule has 1 N–H and O–H groups in total. The monoisotopic (exact) mass is 337 g/mol. The molecule has 0 radical (unpaired) electrons. The minimum atomic E-state index is -0.483. The number of hydrogen-bond donors (Lipinski definition) is 1. The van der Waals surface area contributed by atoms with Gasteiger partial charge in [0.2, 0.25) is 11.6 Å². The maximum atomic E-state index is 12.0. The summed E-state index contributed by atoms with van der Waals surface area (Å²) in [6.45, 7) is 2.19. The van der Waals surface area contributed by atoms with Crippen LogP contribution in [0.3, 0.4) is 0 Å². The molecule has 0 aliphatic heterocycles. The molecule has 0 atom stereocenters. The molecule has 2 aromatic carbocycles. The minimum Gasteiger partial charge on any atom is -0.355 e. The predicted octanol–water partition coefficient (Wildman–Crippen LogP) is 4.80. The molecule has 1 aliphatic rings. The number of anilines is 1. The second-order valence-electron chi connectivity index (χ2n) is 5.65.